The fourth-order valence-electron chi connectivity index (χ4n) is 4.57. The molecule has 0 saturated carbocycles. The second-order valence-electron chi connectivity index (χ2n) is 8.06. The molecular formula is C19H28N2O4S. The van der Waals surface area contributed by atoms with Gasteiger partial charge in [0.15, 0.2) is 0 Å². The maximum Gasteiger partial charge on any atom is 0.243 e. The van der Waals surface area contributed by atoms with E-state index in [0.717, 1.165) is 51.9 Å². The highest BCUT2D eigenvalue weighted by molar-refractivity contribution is 7.89. The monoisotopic (exact) mass is 380 g/mol. The molecule has 4 rings (SSSR count). The molecule has 0 unspecified atom stereocenters. The number of hydrogen-bond donors (Lipinski definition) is 1. The SMILES string of the molecule is O=S(=O)(c1ccccc1)N1CCC2(CC1)CO[C@@H](CN1CC[C@@H](O)C1)C2. The number of sulfonamides is 1. The van der Waals surface area contributed by atoms with Crippen molar-refractivity contribution in [2.45, 2.75) is 42.8 Å². The van der Waals surface area contributed by atoms with Gasteiger partial charge in [-0.15, -0.1) is 0 Å². The van der Waals surface area contributed by atoms with E-state index in [1.807, 2.05) is 6.07 Å². The van der Waals surface area contributed by atoms with Gasteiger partial charge in [0, 0.05) is 32.7 Å². The Morgan fingerprint density at radius 1 is 1.15 bits per heavy atom. The summed E-state index contributed by atoms with van der Waals surface area (Å²) < 4.78 is 33.2. The first-order valence-electron chi connectivity index (χ1n) is 9.54. The molecular weight excluding hydrogens is 352 g/mol. The summed E-state index contributed by atoms with van der Waals surface area (Å²) in [5, 5.41) is 9.67. The van der Waals surface area contributed by atoms with Crippen LogP contribution in [0.4, 0.5) is 0 Å². The van der Waals surface area contributed by atoms with Crippen molar-refractivity contribution >= 4 is 10.0 Å². The average Bonchev–Trinajstić information content (AvgIpc) is 3.23. The highest BCUT2D eigenvalue weighted by Gasteiger charge is 2.44. The Kier molecular flexibility index (Phi) is 5.09. The number of aliphatic hydroxyl groups is 1. The van der Waals surface area contributed by atoms with Crippen LogP contribution >= 0.6 is 0 Å². The van der Waals surface area contributed by atoms with E-state index in [1.165, 1.54) is 0 Å². The van der Waals surface area contributed by atoms with Gasteiger partial charge >= 0.3 is 0 Å². The number of piperidine rings is 1. The Morgan fingerprint density at radius 2 is 1.88 bits per heavy atom. The van der Waals surface area contributed by atoms with E-state index in [0.29, 0.717) is 18.0 Å². The molecule has 1 aromatic rings. The molecule has 3 heterocycles. The Morgan fingerprint density at radius 3 is 2.54 bits per heavy atom. The van der Waals surface area contributed by atoms with Crippen molar-refractivity contribution < 1.29 is 18.3 Å². The standard InChI is InChI=1S/C19H28N2O4S/c22-16-6-9-20(13-16)14-17-12-19(15-25-17)7-10-21(11-8-19)26(23,24)18-4-2-1-3-5-18/h1-5,16-17,22H,6-15H2/t16-,17-/m1/s1. The number of aliphatic hydroxyl groups excluding tert-OH is 1. The van der Waals surface area contributed by atoms with Crippen LogP contribution in [0.25, 0.3) is 0 Å². The lowest BCUT2D eigenvalue weighted by Gasteiger charge is -2.37. The van der Waals surface area contributed by atoms with Crippen LogP contribution in [0.3, 0.4) is 0 Å². The highest BCUT2D eigenvalue weighted by Crippen LogP contribution is 2.43. The van der Waals surface area contributed by atoms with Crippen LogP contribution in [0.5, 0.6) is 0 Å². The van der Waals surface area contributed by atoms with E-state index in [-0.39, 0.29) is 17.6 Å². The van der Waals surface area contributed by atoms with Crippen molar-refractivity contribution in [3.63, 3.8) is 0 Å². The lowest BCUT2D eigenvalue weighted by atomic mass is 9.77. The van der Waals surface area contributed by atoms with Crippen molar-refractivity contribution in [1.29, 1.82) is 0 Å². The van der Waals surface area contributed by atoms with Crippen LogP contribution in [0.1, 0.15) is 25.7 Å². The third kappa shape index (κ3) is 3.68. The molecule has 1 aromatic carbocycles. The van der Waals surface area contributed by atoms with Crippen molar-refractivity contribution in [3.05, 3.63) is 30.3 Å². The van der Waals surface area contributed by atoms with Crippen LogP contribution in [0.2, 0.25) is 0 Å². The number of rotatable bonds is 4. The first kappa shape index (κ1) is 18.4. The van der Waals surface area contributed by atoms with Gasteiger partial charge in [-0.25, -0.2) is 8.42 Å². The Hall–Kier alpha value is -0.990. The molecule has 26 heavy (non-hydrogen) atoms. The van der Waals surface area contributed by atoms with Gasteiger partial charge in [0.05, 0.1) is 23.7 Å². The zero-order valence-electron chi connectivity index (χ0n) is 15.1. The predicted molar refractivity (Wildman–Crippen MR) is 98.3 cm³/mol. The van der Waals surface area contributed by atoms with Crippen molar-refractivity contribution in [3.8, 4) is 0 Å². The lowest BCUT2D eigenvalue weighted by Crippen LogP contribution is -2.43. The van der Waals surface area contributed by atoms with Crippen LogP contribution in [-0.2, 0) is 14.8 Å². The molecule has 144 valence electrons. The highest BCUT2D eigenvalue weighted by atomic mass is 32.2. The molecule has 7 heteroatoms. The van der Waals surface area contributed by atoms with Gasteiger partial charge in [0.2, 0.25) is 10.0 Å². The molecule has 1 spiro atoms. The van der Waals surface area contributed by atoms with Gasteiger partial charge in [0.1, 0.15) is 0 Å². The smallest absolute Gasteiger partial charge is 0.243 e. The van der Waals surface area contributed by atoms with Gasteiger partial charge in [0.25, 0.3) is 0 Å². The second kappa shape index (κ2) is 7.20. The average molecular weight is 381 g/mol. The number of likely N-dealkylation sites (tertiary alicyclic amines) is 1. The van der Waals surface area contributed by atoms with E-state index in [1.54, 1.807) is 28.6 Å². The molecule has 3 aliphatic heterocycles. The fourth-order valence-corrected chi connectivity index (χ4v) is 6.03. The van der Waals surface area contributed by atoms with Crippen molar-refractivity contribution in [2.24, 2.45) is 5.41 Å². The van der Waals surface area contributed by atoms with E-state index in [2.05, 4.69) is 4.90 Å². The molecule has 0 aromatic heterocycles. The Labute approximate surface area is 155 Å². The third-order valence-corrected chi connectivity index (χ3v) is 8.07. The number of hydrogen-bond acceptors (Lipinski definition) is 5. The molecule has 0 amide bonds. The molecule has 6 nitrogen and oxygen atoms in total. The maximum atomic E-state index is 12.8. The predicted octanol–water partition coefficient (Wildman–Crippen LogP) is 1.31. The van der Waals surface area contributed by atoms with E-state index < -0.39 is 10.0 Å². The maximum absolute atomic E-state index is 12.8. The molecule has 3 aliphatic rings. The summed E-state index contributed by atoms with van der Waals surface area (Å²) in [6, 6.07) is 8.70. The number of nitrogens with zero attached hydrogens (tertiary/aromatic N) is 2. The molecule has 3 fully saturated rings. The van der Waals surface area contributed by atoms with Gasteiger partial charge < -0.3 is 9.84 Å². The zero-order valence-corrected chi connectivity index (χ0v) is 15.9. The molecule has 3 saturated heterocycles. The summed E-state index contributed by atoms with van der Waals surface area (Å²) in [5.74, 6) is 0. The van der Waals surface area contributed by atoms with E-state index in [4.69, 9.17) is 4.74 Å². The minimum atomic E-state index is -3.39. The number of ether oxygens (including phenoxy) is 1. The van der Waals surface area contributed by atoms with Gasteiger partial charge in [-0.3, -0.25) is 4.90 Å². The second-order valence-corrected chi connectivity index (χ2v) is 9.99. The summed E-state index contributed by atoms with van der Waals surface area (Å²) in [5.41, 5.74) is 0.117. The molecule has 0 radical (unpaired) electrons. The van der Waals surface area contributed by atoms with Gasteiger partial charge in [-0.2, -0.15) is 4.31 Å². The Balaban J connectivity index is 1.34. The Bertz CT molecular complexity index is 716. The fraction of sp³-hybridized carbons (Fsp3) is 0.684. The minimum Gasteiger partial charge on any atom is -0.392 e. The summed E-state index contributed by atoms with van der Waals surface area (Å²) >= 11 is 0. The minimum absolute atomic E-state index is 0.117. The van der Waals surface area contributed by atoms with E-state index in [9.17, 15) is 13.5 Å². The molecule has 0 aliphatic carbocycles. The van der Waals surface area contributed by atoms with Crippen LogP contribution in [-0.4, -0.2) is 74.3 Å². The molecule has 1 N–H and O–H groups in total. The number of benzene rings is 1. The normalized spacial score (nSPS) is 30.2. The largest absolute Gasteiger partial charge is 0.392 e. The van der Waals surface area contributed by atoms with Gasteiger partial charge in [-0.1, -0.05) is 18.2 Å². The van der Waals surface area contributed by atoms with Crippen LogP contribution < -0.4 is 0 Å². The first-order chi connectivity index (χ1) is 12.5. The summed E-state index contributed by atoms with van der Waals surface area (Å²) in [7, 11) is -3.39. The number of β-amino-alcohol motifs (C(OH)–C–C–N with tert-alkyl or cyclic N) is 1. The topological polar surface area (TPSA) is 70.1 Å². The lowest BCUT2D eigenvalue weighted by molar-refractivity contribution is 0.0599. The molecule has 0 bridgehead atoms. The summed E-state index contributed by atoms with van der Waals surface area (Å²) in [4.78, 5) is 2.66. The summed E-state index contributed by atoms with van der Waals surface area (Å²) in [6.07, 6.45) is 3.58. The van der Waals surface area contributed by atoms with Crippen molar-refractivity contribution in [1.82, 2.24) is 9.21 Å². The zero-order chi connectivity index (χ0) is 18.2. The molecule has 2 atom stereocenters. The van der Waals surface area contributed by atoms with Gasteiger partial charge in [-0.05, 0) is 43.2 Å². The van der Waals surface area contributed by atoms with Crippen LogP contribution in [0, 0.1) is 5.41 Å². The first-order valence-corrected chi connectivity index (χ1v) is 11.0. The summed E-state index contributed by atoms with van der Waals surface area (Å²) in [6.45, 7) is 4.43. The third-order valence-electron chi connectivity index (χ3n) is 6.16. The van der Waals surface area contributed by atoms with Crippen LogP contribution in [0.15, 0.2) is 35.2 Å². The van der Waals surface area contributed by atoms with Crippen molar-refractivity contribution in [2.75, 3.05) is 39.3 Å². The van der Waals surface area contributed by atoms with E-state index >= 15 is 0 Å². The quantitative estimate of drug-likeness (QED) is 0.853.